The minimum Gasteiger partial charge on any atom is -0.491 e. The summed E-state index contributed by atoms with van der Waals surface area (Å²) in [7, 11) is 3.46. The largest absolute Gasteiger partial charge is 0.491 e. The van der Waals surface area contributed by atoms with Crippen LogP contribution in [0.3, 0.4) is 0 Å². The number of aliphatic hydroxyl groups excluding tert-OH is 2. The third-order valence-corrected chi connectivity index (χ3v) is 5.35. The molecule has 0 aliphatic rings. The van der Waals surface area contributed by atoms with Gasteiger partial charge in [0.25, 0.3) is 0 Å². The van der Waals surface area contributed by atoms with Crippen LogP contribution >= 0.6 is 12.4 Å². The van der Waals surface area contributed by atoms with E-state index in [9.17, 15) is 9.90 Å². The van der Waals surface area contributed by atoms with Gasteiger partial charge in [0.1, 0.15) is 18.5 Å². The molecule has 0 radical (unpaired) electrons. The van der Waals surface area contributed by atoms with E-state index in [1.807, 2.05) is 42.5 Å². The van der Waals surface area contributed by atoms with Crippen molar-refractivity contribution >= 4 is 23.4 Å². The topological polar surface area (TPSA) is 88.7 Å². The number of nitrogens with zero attached hydrogens (tertiary/aromatic N) is 2. The van der Waals surface area contributed by atoms with Gasteiger partial charge in [-0.2, -0.15) is 0 Å². The minimum atomic E-state index is -0.787. The van der Waals surface area contributed by atoms with E-state index in [1.165, 1.54) is 5.56 Å². The average Bonchev–Trinajstić information content (AvgIpc) is 2.99. The van der Waals surface area contributed by atoms with Crippen molar-refractivity contribution in [1.82, 2.24) is 14.5 Å². The van der Waals surface area contributed by atoms with Crippen molar-refractivity contribution in [3.63, 3.8) is 0 Å². The number of nitrogens with one attached hydrogen (secondary N) is 1. The summed E-state index contributed by atoms with van der Waals surface area (Å²) >= 11 is 0. The van der Waals surface area contributed by atoms with Crippen molar-refractivity contribution in [2.75, 3.05) is 19.8 Å². The van der Waals surface area contributed by atoms with Gasteiger partial charge >= 0.3 is 5.69 Å². The summed E-state index contributed by atoms with van der Waals surface area (Å²) < 4.78 is 8.92. The number of ether oxygens (including phenoxy) is 1. The Morgan fingerprint density at radius 1 is 1.00 bits per heavy atom. The van der Waals surface area contributed by atoms with Crippen LogP contribution in [-0.4, -0.2) is 39.1 Å². The highest BCUT2D eigenvalue weighted by Crippen LogP contribution is 2.21. The zero-order valence-electron chi connectivity index (χ0n) is 18.1. The smallest absolute Gasteiger partial charge is 0.328 e. The summed E-state index contributed by atoms with van der Waals surface area (Å²) in [5.41, 5.74) is 3.41. The summed E-state index contributed by atoms with van der Waals surface area (Å²) in [4.78, 5) is 12.1. The van der Waals surface area contributed by atoms with Crippen LogP contribution in [0.15, 0.2) is 47.3 Å². The van der Waals surface area contributed by atoms with Gasteiger partial charge in [-0.15, -0.1) is 12.4 Å². The molecule has 3 rings (SSSR count). The standard InChI is InChI=1S/C23H31N3O4.ClH/c1-25-20-11-8-18(14-21(20)26(2)23(25)29)22(28)16-30-19-9-6-17(7-10-19)15-24-12-4-3-5-13-27;/h6-11,14,22,24,27-28H,3-5,12-13,15-16H2,1-2H3;1H. The maximum atomic E-state index is 12.1. The summed E-state index contributed by atoms with van der Waals surface area (Å²) in [6, 6.07) is 13.3. The van der Waals surface area contributed by atoms with Gasteiger partial charge in [0.15, 0.2) is 0 Å². The molecule has 0 amide bonds. The molecule has 0 aliphatic heterocycles. The lowest BCUT2D eigenvalue weighted by atomic mass is 10.1. The van der Waals surface area contributed by atoms with E-state index in [0.29, 0.717) is 11.3 Å². The first-order valence-corrected chi connectivity index (χ1v) is 10.4. The molecule has 7 nitrogen and oxygen atoms in total. The van der Waals surface area contributed by atoms with E-state index >= 15 is 0 Å². The Morgan fingerprint density at radius 3 is 2.42 bits per heavy atom. The Morgan fingerprint density at radius 2 is 1.71 bits per heavy atom. The van der Waals surface area contributed by atoms with E-state index < -0.39 is 6.10 Å². The SMILES string of the molecule is Cl.Cn1c(=O)n(C)c2cc(C(O)COc3ccc(CNCCCCCO)cc3)ccc21. The van der Waals surface area contributed by atoms with Crippen LogP contribution in [0.2, 0.25) is 0 Å². The summed E-state index contributed by atoms with van der Waals surface area (Å²) in [5.74, 6) is 0.703. The maximum Gasteiger partial charge on any atom is 0.328 e. The number of benzene rings is 2. The third kappa shape index (κ3) is 6.33. The molecule has 0 saturated carbocycles. The maximum absolute atomic E-state index is 12.1. The first-order valence-electron chi connectivity index (χ1n) is 10.4. The van der Waals surface area contributed by atoms with Gasteiger partial charge in [-0.25, -0.2) is 4.79 Å². The predicted molar refractivity (Wildman–Crippen MR) is 125 cm³/mol. The number of aromatic nitrogens is 2. The molecule has 3 aromatic rings. The first kappa shape index (κ1) is 24.9. The van der Waals surface area contributed by atoms with Crippen molar-refractivity contribution < 1.29 is 14.9 Å². The fraction of sp³-hybridized carbons (Fsp3) is 0.435. The van der Waals surface area contributed by atoms with Crippen LogP contribution in [0.1, 0.15) is 36.5 Å². The van der Waals surface area contributed by atoms with Gasteiger partial charge in [-0.3, -0.25) is 9.13 Å². The predicted octanol–water partition coefficient (Wildman–Crippen LogP) is 2.66. The lowest BCUT2D eigenvalue weighted by molar-refractivity contribution is 0.108. The number of rotatable bonds is 11. The van der Waals surface area contributed by atoms with E-state index in [1.54, 1.807) is 23.2 Å². The second-order valence-corrected chi connectivity index (χ2v) is 7.58. The average molecular weight is 450 g/mol. The number of aryl methyl sites for hydroxylation is 2. The number of aliphatic hydroxyl groups is 2. The molecule has 8 heteroatoms. The van der Waals surface area contributed by atoms with E-state index in [4.69, 9.17) is 9.84 Å². The molecule has 2 aromatic carbocycles. The number of halogens is 1. The van der Waals surface area contributed by atoms with Crippen molar-refractivity contribution in [2.45, 2.75) is 31.9 Å². The number of imidazole rings is 1. The Labute approximate surface area is 188 Å². The molecular formula is C23H32ClN3O4. The highest BCUT2D eigenvalue weighted by molar-refractivity contribution is 5.85. The quantitative estimate of drug-likeness (QED) is 0.392. The van der Waals surface area contributed by atoms with E-state index in [0.717, 1.165) is 43.4 Å². The summed E-state index contributed by atoms with van der Waals surface area (Å²) in [6.07, 6.45) is 2.16. The highest BCUT2D eigenvalue weighted by atomic mass is 35.5. The third-order valence-electron chi connectivity index (χ3n) is 5.35. The Balaban J connectivity index is 0.00000341. The van der Waals surface area contributed by atoms with Gasteiger partial charge in [-0.1, -0.05) is 18.2 Å². The molecule has 1 unspecified atom stereocenters. The van der Waals surface area contributed by atoms with Crippen LogP contribution in [-0.2, 0) is 20.6 Å². The van der Waals surface area contributed by atoms with Crippen molar-refractivity contribution in [3.05, 3.63) is 64.1 Å². The fourth-order valence-corrected chi connectivity index (χ4v) is 3.48. The molecule has 170 valence electrons. The zero-order chi connectivity index (χ0) is 21.5. The molecule has 0 saturated heterocycles. The monoisotopic (exact) mass is 449 g/mol. The molecule has 0 bridgehead atoms. The molecule has 1 aromatic heterocycles. The van der Waals surface area contributed by atoms with Gasteiger partial charge in [-0.05, 0) is 61.2 Å². The van der Waals surface area contributed by atoms with Crippen molar-refractivity contribution in [2.24, 2.45) is 14.1 Å². The highest BCUT2D eigenvalue weighted by Gasteiger charge is 2.13. The molecule has 3 N–H and O–H groups in total. The number of hydrogen-bond donors (Lipinski definition) is 3. The summed E-state index contributed by atoms with van der Waals surface area (Å²) in [5, 5.41) is 22.7. The van der Waals surface area contributed by atoms with E-state index in [-0.39, 0.29) is 31.3 Å². The van der Waals surface area contributed by atoms with Gasteiger partial charge in [0.2, 0.25) is 0 Å². The molecule has 0 aliphatic carbocycles. The Bertz CT molecular complexity index is 1010. The Kier molecular flexibility index (Phi) is 9.58. The summed E-state index contributed by atoms with van der Waals surface area (Å²) in [6.45, 7) is 2.12. The van der Waals surface area contributed by atoms with Gasteiger partial charge in [0, 0.05) is 27.2 Å². The van der Waals surface area contributed by atoms with Crippen LogP contribution in [0.4, 0.5) is 0 Å². The van der Waals surface area contributed by atoms with Crippen LogP contribution < -0.4 is 15.7 Å². The number of hydrogen-bond acceptors (Lipinski definition) is 5. The lowest BCUT2D eigenvalue weighted by Crippen LogP contribution is -2.19. The van der Waals surface area contributed by atoms with Crippen LogP contribution in [0.5, 0.6) is 5.75 Å². The minimum absolute atomic E-state index is 0. The number of unbranched alkanes of at least 4 members (excludes halogenated alkanes) is 2. The van der Waals surface area contributed by atoms with Gasteiger partial charge in [0.05, 0.1) is 11.0 Å². The molecule has 1 atom stereocenters. The van der Waals surface area contributed by atoms with Crippen LogP contribution in [0, 0.1) is 0 Å². The molecule has 1 heterocycles. The zero-order valence-corrected chi connectivity index (χ0v) is 18.9. The van der Waals surface area contributed by atoms with Crippen molar-refractivity contribution in [3.8, 4) is 5.75 Å². The fourth-order valence-electron chi connectivity index (χ4n) is 3.48. The molecular weight excluding hydrogens is 418 g/mol. The Hall–Kier alpha value is -2.32. The molecule has 0 fully saturated rings. The number of fused-ring (bicyclic) bond motifs is 1. The first-order chi connectivity index (χ1) is 14.5. The molecule has 31 heavy (non-hydrogen) atoms. The van der Waals surface area contributed by atoms with E-state index in [2.05, 4.69) is 5.32 Å². The lowest BCUT2D eigenvalue weighted by Gasteiger charge is -2.13. The molecule has 0 spiro atoms. The second-order valence-electron chi connectivity index (χ2n) is 7.58. The van der Waals surface area contributed by atoms with Gasteiger partial charge < -0.3 is 20.3 Å². The van der Waals surface area contributed by atoms with Crippen LogP contribution in [0.25, 0.3) is 11.0 Å². The second kappa shape index (κ2) is 11.9. The normalized spacial score (nSPS) is 12.0. The van der Waals surface area contributed by atoms with Crippen molar-refractivity contribution in [1.29, 1.82) is 0 Å².